The lowest BCUT2D eigenvalue weighted by Gasteiger charge is -2.04. The van der Waals surface area contributed by atoms with E-state index >= 15 is 0 Å². The molecule has 3 rings (SSSR count). The van der Waals surface area contributed by atoms with Gasteiger partial charge in [0.2, 0.25) is 5.89 Å². The minimum Gasteiger partial charge on any atom is -0.419 e. The Morgan fingerprint density at radius 3 is 2.48 bits per heavy atom. The van der Waals surface area contributed by atoms with Gasteiger partial charge in [-0.2, -0.15) is 0 Å². The number of benzene rings is 2. The van der Waals surface area contributed by atoms with Gasteiger partial charge in [0.15, 0.2) is 11.6 Å². The van der Waals surface area contributed by atoms with Gasteiger partial charge in [0, 0.05) is 0 Å². The van der Waals surface area contributed by atoms with Crippen LogP contribution in [0.5, 0.6) is 0 Å². The number of halogens is 3. The standard InChI is InChI=1S/C15H9ClF2N2O/c16-12(9-5-2-1-3-6-9)15-20-19-14(21-15)10-7-4-8-11(17)13(10)18/h1-8,12H. The molecule has 0 aliphatic rings. The third-order valence-corrected chi connectivity index (χ3v) is 3.37. The highest BCUT2D eigenvalue weighted by molar-refractivity contribution is 6.22. The van der Waals surface area contributed by atoms with Gasteiger partial charge in [-0.3, -0.25) is 0 Å². The number of nitrogens with zero attached hydrogens (tertiary/aromatic N) is 2. The first-order chi connectivity index (χ1) is 10.2. The lowest BCUT2D eigenvalue weighted by Crippen LogP contribution is -1.92. The Kier molecular flexibility index (Phi) is 3.66. The molecule has 2 aromatic carbocycles. The molecule has 106 valence electrons. The highest BCUT2D eigenvalue weighted by atomic mass is 35.5. The highest BCUT2D eigenvalue weighted by Gasteiger charge is 2.21. The molecular formula is C15H9ClF2N2O. The van der Waals surface area contributed by atoms with Gasteiger partial charge < -0.3 is 4.42 Å². The van der Waals surface area contributed by atoms with E-state index in [9.17, 15) is 8.78 Å². The molecule has 0 saturated heterocycles. The van der Waals surface area contributed by atoms with Crippen LogP contribution in [0.3, 0.4) is 0 Å². The van der Waals surface area contributed by atoms with Gasteiger partial charge in [-0.1, -0.05) is 36.4 Å². The van der Waals surface area contributed by atoms with Crippen LogP contribution in [0.4, 0.5) is 8.78 Å². The largest absolute Gasteiger partial charge is 0.419 e. The van der Waals surface area contributed by atoms with E-state index in [1.54, 1.807) is 0 Å². The predicted octanol–water partition coefficient (Wildman–Crippen LogP) is 4.34. The molecule has 0 saturated carbocycles. The first kappa shape index (κ1) is 13.7. The summed E-state index contributed by atoms with van der Waals surface area (Å²) in [6.45, 7) is 0. The quantitative estimate of drug-likeness (QED) is 0.676. The maximum Gasteiger partial charge on any atom is 0.250 e. The van der Waals surface area contributed by atoms with Crippen LogP contribution in [0.15, 0.2) is 52.9 Å². The SMILES string of the molecule is Fc1cccc(-c2nnc(C(Cl)c3ccccc3)o2)c1F. The first-order valence-corrected chi connectivity index (χ1v) is 6.57. The van der Waals surface area contributed by atoms with E-state index in [2.05, 4.69) is 10.2 Å². The number of aromatic nitrogens is 2. The summed E-state index contributed by atoms with van der Waals surface area (Å²) in [5, 5.41) is 6.88. The van der Waals surface area contributed by atoms with E-state index in [1.807, 2.05) is 30.3 Å². The fourth-order valence-electron chi connectivity index (χ4n) is 1.88. The molecule has 6 heteroatoms. The Morgan fingerprint density at radius 1 is 0.952 bits per heavy atom. The molecule has 1 unspecified atom stereocenters. The van der Waals surface area contributed by atoms with Gasteiger partial charge in [0.25, 0.3) is 5.89 Å². The number of hydrogen-bond donors (Lipinski definition) is 0. The Balaban J connectivity index is 1.95. The van der Waals surface area contributed by atoms with E-state index in [1.165, 1.54) is 12.1 Å². The molecule has 21 heavy (non-hydrogen) atoms. The molecule has 0 aliphatic carbocycles. The summed E-state index contributed by atoms with van der Waals surface area (Å²) in [6, 6.07) is 12.9. The zero-order valence-corrected chi connectivity index (χ0v) is 11.4. The molecule has 3 nitrogen and oxygen atoms in total. The third kappa shape index (κ3) is 2.64. The molecule has 0 aliphatic heterocycles. The lowest BCUT2D eigenvalue weighted by molar-refractivity contribution is 0.490. The van der Waals surface area contributed by atoms with Crippen LogP contribution in [0.1, 0.15) is 16.8 Å². The van der Waals surface area contributed by atoms with Crippen molar-refractivity contribution in [3.8, 4) is 11.5 Å². The summed E-state index contributed by atoms with van der Waals surface area (Å²) < 4.78 is 32.3. The molecule has 1 atom stereocenters. The van der Waals surface area contributed by atoms with Gasteiger partial charge in [0.1, 0.15) is 5.38 Å². The molecule has 0 amide bonds. The van der Waals surface area contributed by atoms with Crippen molar-refractivity contribution in [2.45, 2.75) is 5.38 Å². The van der Waals surface area contributed by atoms with Gasteiger partial charge in [0.05, 0.1) is 5.56 Å². The minimum atomic E-state index is -1.03. The van der Waals surface area contributed by atoms with Crippen LogP contribution in [-0.4, -0.2) is 10.2 Å². The summed E-state index contributed by atoms with van der Waals surface area (Å²) >= 11 is 6.24. The van der Waals surface area contributed by atoms with Crippen LogP contribution >= 0.6 is 11.6 Å². The smallest absolute Gasteiger partial charge is 0.250 e. The summed E-state index contributed by atoms with van der Waals surface area (Å²) in [5.41, 5.74) is 0.680. The number of rotatable bonds is 3. The maximum atomic E-state index is 13.7. The second-order valence-electron chi connectivity index (χ2n) is 4.32. The predicted molar refractivity (Wildman–Crippen MR) is 73.8 cm³/mol. The lowest BCUT2D eigenvalue weighted by atomic mass is 10.1. The van der Waals surface area contributed by atoms with E-state index in [0.717, 1.165) is 11.6 Å². The molecule has 0 spiro atoms. The fraction of sp³-hybridized carbons (Fsp3) is 0.0667. The molecule has 0 bridgehead atoms. The molecule has 1 aromatic heterocycles. The summed E-state index contributed by atoms with van der Waals surface area (Å²) in [4.78, 5) is 0. The van der Waals surface area contributed by atoms with Crippen molar-refractivity contribution in [1.29, 1.82) is 0 Å². The van der Waals surface area contributed by atoms with Crippen LogP contribution in [-0.2, 0) is 0 Å². The Morgan fingerprint density at radius 2 is 1.71 bits per heavy atom. The topological polar surface area (TPSA) is 38.9 Å². The van der Waals surface area contributed by atoms with Crippen molar-refractivity contribution < 1.29 is 13.2 Å². The van der Waals surface area contributed by atoms with Crippen LogP contribution in [0.2, 0.25) is 0 Å². The molecule has 1 heterocycles. The number of hydrogen-bond acceptors (Lipinski definition) is 3. The van der Waals surface area contributed by atoms with Crippen LogP contribution in [0.25, 0.3) is 11.5 Å². The molecule has 0 N–H and O–H groups in total. The summed E-state index contributed by atoms with van der Waals surface area (Å²) in [6.07, 6.45) is 0. The van der Waals surface area contributed by atoms with E-state index in [-0.39, 0.29) is 17.3 Å². The third-order valence-electron chi connectivity index (χ3n) is 2.93. The fourth-order valence-corrected chi connectivity index (χ4v) is 2.11. The van der Waals surface area contributed by atoms with E-state index < -0.39 is 17.0 Å². The van der Waals surface area contributed by atoms with Crippen molar-refractivity contribution >= 4 is 11.6 Å². The van der Waals surface area contributed by atoms with Crippen molar-refractivity contribution in [1.82, 2.24) is 10.2 Å². The maximum absolute atomic E-state index is 13.7. The second-order valence-corrected chi connectivity index (χ2v) is 4.76. The monoisotopic (exact) mass is 306 g/mol. The summed E-state index contributed by atoms with van der Waals surface area (Å²) in [5.74, 6) is -1.98. The second kappa shape index (κ2) is 5.61. The molecule has 0 fully saturated rings. The average molecular weight is 307 g/mol. The zero-order chi connectivity index (χ0) is 14.8. The van der Waals surface area contributed by atoms with Crippen LogP contribution in [0, 0.1) is 11.6 Å². The Labute approximate surface area is 124 Å². The first-order valence-electron chi connectivity index (χ1n) is 6.13. The van der Waals surface area contributed by atoms with Gasteiger partial charge in [-0.15, -0.1) is 21.8 Å². The van der Waals surface area contributed by atoms with Gasteiger partial charge in [-0.05, 0) is 17.7 Å². The highest BCUT2D eigenvalue weighted by Crippen LogP contribution is 2.30. The molecular weight excluding hydrogens is 298 g/mol. The van der Waals surface area contributed by atoms with E-state index in [0.29, 0.717) is 0 Å². The Hall–Kier alpha value is -2.27. The van der Waals surface area contributed by atoms with Crippen LogP contribution < -0.4 is 0 Å². The minimum absolute atomic E-state index is 0.0920. The van der Waals surface area contributed by atoms with Crippen molar-refractivity contribution in [3.05, 3.63) is 71.6 Å². The van der Waals surface area contributed by atoms with Crippen molar-refractivity contribution in [2.24, 2.45) is 0 Å². The van der Waals surface area contributed by atoms with Crippen molar-refractivity contribution in [3.63, 3.8) is 0 Å². The molecule has 3 aromatic rings. The zero-order valence-electron chi connectivity index (χ0n) is 10.6. The molecule has 0 radical (unpaired) electrons. The van der Waals surface area contributed by atoms with Gasteiger partial charge in [-0.25, -0.2) is 8.78 Å². The van der Waals surface area contributed by atoms with E-state index in [4.69, 9.17) is 16.0 Å². The van der Waals surface area contributed by atoms with Gasteiger partial charge >= 0.3 is 0 Å². The van der Waals surface area contributed by atoms with Crippen molar-refractivity contribution in [2.75, 3.05) is 0 Å². The normalized spacial score (nSPS) is 12.3. The number of alkyl halides is 1. The summed E-state index contributed by atoms with van der Waals surface area (Å²) in [7, 11) is 0. The Bertz CT molecular complexity index is 761. The average Bonchev–Trinajstić information content (AvgIpc) is 3.00.